The third kappa shape index (κ3) is 3.43. The number of fused-ring (bicyclic) bond motifs is 2. The van der Waals surface area contributed by atoms with E-state index in [1.54, 1.807) is 0 Å². The van der Waals surface area contributed by atoms with Gasteiger partial charge in [-0.3, -0.25) is 4.79 Å². The van der Waals surface area contributed by atoms with Crippen molar-refractivity contribution >= 4 is 22.8 Å². The molecular weight excluding hydrogens is 456 g/mol. The van der Waals surface area contributed by atoms with Gasteiger partial charge < -0.3 is 9.47 Å². The van der Waals surface area contributed by atoms with Gasteiger partial charge in [0.05, 0.1) is 5.41 Å². The topological polar surface area (TPSA) is 52.6 Å². The predicted molar refractivity (Wildman–Crippen MR) is 138 cm³/mol. The molecule has 35 heavy (non-hydrogen) atoms. The zero-order valence-corrected chi connectivity index (χ0v) is 21.8. The van der Waals surface area contributed by atoms with Crippen LogP contribution in [0.4, 0.5) is 0 Å². The van der Waals surface area contributed by atoms with Crippen molar-refractivity contribution in [2.24, 2.45) is 10.8 Å². The first-order valence-electron chi connectivity index (χ1n) is 12.1. The van der Waals surface area contributed by atoms with Crippen molar-refractivity contribution in [2.45, 2.75) is 67.7 Å². The van der Waals surface area contributed by atoms with E-state index in [4.69, 9.17) is 9.47 Å². The van der Waals surface area contributed by atoms with E-state index >= 15 is 0 Å². The van der Waals surface area contributed by atoms with Crippen LogP contribution in [0.5, 0.6) is 5.75 Å². The van der Waals surface area contributed by atoms with Crippen LogP contribution in [0.25, 0.3) is 0 Å². The number of carbonyl (C=O) groups excluding carboxylic acids is 2. The molecule has 0 spiro atoms. The standard InChI is InChI=1S/C30H32O4S/c1-20-18-24(35(22-12-8-6-9-13-22)23-14-10-7-11-15-23)19-21(2)25(20)33-27(32)30-17-16-29(5,26(31)34-30)28(30,3)4/h6-15,18-19,35H,16-17H2,1-5H3. The van der Waals surface area contributed by atoms with E-state index in [1.165, 1.54) is 14.7 Å². The summed E-state index contributed by atoms with van der Waals surface area (Å²) in [6.45, 7) is 9.75. The largest absolute Gasteiger partial charge is 0.446 e. The molecule has 2 bridgehead atoms. The number of esters is 2. The molecule has 1 aliphatic carbocycles. The number of aryl methyl sites for hydroxylation is 2. The maximum absolute atomic E-state index is 13.6. The Morgan fingerprint density at radius 1 is 0.829 bits per heavy atom. The lowest BCUT2D eigenvalue weighted by Crippen LogP contribution is -2.50. The van der Waals surface area contributed by atoms with Crippen LogP contribution in [0.3, 0.4) is 0 Å². The van der Waals surface area contributed by atoms with E-state index in [0.717, 1.165) is 11.1 Å². The van der Waals surface area contributed by atoms with Gasteiger partial charge >= 0.3 is 11.9 Å². The van der Waals surface area contributed by atoms with Crippen LogP contribution in [0.15, 0.2) is 87.5 Å². The molecule has 1 heterocycles. The number of rotatable bonds is 5. The second-order valence-electron chi connectivity index (χ2n) is 10.5. The van der Waals surface area contributed by atoms with Gasteiger partial charge in [-0.2, -0.15) is 10.9 Å². The molecule has 3 aromatic rings. The quantitative estimate of drug-likeness (QED) is 0.244. The highest BCUT2D eigenvalue weighted by Crippen LogP contribution is 2.66. The molecule has 2 atom stereocenters. The van der Waals surface area contributed by atoms with Crippen molar-refractivity contribution in [3.05, 3.63) is 83.9 Å². The molecule has 2 aliphatic rings. The predicted octanol–water partition coefficient (Wildman–Crippen LogP) is 6.81. The highest BCUT2D eigenvalue weighted by atomic mass is 32.2. The van der Waals surface area contributed by atoms with Crippen LogP contribution in [0, 0.1) is 24.7 Å². The Balaban J connectivity index is 1.51. The summed E-state index contributed by atoms with van der Waals surface area (Å²) in [6, 6.07) is 25.3. The van der Waals surface area contributed by atoms with Gasteiger partial charge in [0, 0.05) is 5.41 Å². The van der Waals surface area contributed by atoms with Gasteiger partial charge in [-0.25, -0.2) is 4.79 Å². The molecule has 0 amide bonds. The third-order valence-electron chi connectivity index (χ3n) is 8.34. The summed E-state index contributed by atoms with van der Waals surface area (Å²) in [5, 5.41) is 0. The Labute approximate surface area is 210 Å². The molecule has 2 fully saturated rings. The lowest BCUT2D eigenvalue weighted by molar-refractivity contribution is -0.176. The minimum Gasteiger partial charge on any atom is -0.446 e. The molecule has 1 aliphatic heterocycles. The van der Waals surface area contributed by atoms with Gasteiger partial charge in [0.15, 0.2) is 0 Å². The molecular formula is C30H32O4S. The average molecular weight is 489 g/mol. The summed E-state index contributed by atoms with van der Waals surface area (Å²) in [4.78, 5) is 29.9. The molecule has 1 saturated heterocycles. The van der Waals surface area contributed by atoms with Crippen molar-refractivity contribution in [3.8, 4) is 5.75 Å². The molecule has 182 valence electrons. The highest BCUT2D eigenvalue weighted by molar-refractivity contribution is 8.17. The van der Waals surface area contributed by atoms with Crippen molar-refractivity contribution < 1.29 is 19.1 Å². The van der Waals surface area contributed by atoms with Crippen molar-refractivity contribution in [2.75, 3.05) is 0 Å². The molecule has 2 unspecified atom stereocenters. The number of thiol groups is 1. The number of carbonyl (C=O) groups is 2. The van der Waals surface area contributed by atoms with Crippen LogP contribution >= 0.6 is 10.9 Å². The Bertz CT molecular complexity index is 1240. The van der Waals surface area contributed by atoms with E-state index in [9.17, 15) is 9.59 Å². The normalized spacial score (nSPS) is 24.7. The molecule has 5 heteroatoms. The maximum Gasteiger partial charge on any atom is 0.356 e. The summed E-state index contributed by atoms with van der Waals surface area (Å²) in [7, 11) is -0.764. The Morgan fingerprint density at radius 2 is 1.34 bits per heavy atom. The zero-order chi connectivity index (χ0) is 25.0. The molecule has 3 aromatic carbocycles. The summed E-state index contributed by atoms with van der Waals surface area (Å²) in [6.07, 6.45) is 1.12. The first-order valence-corrected chi connectivity index (χ1v) is 13.4. The van der Waals surface area contributed by atoms with Crippen LogP contribution in [-0.4, -0.2) is 17.5 Å². The fourth-order valence-electron chi connectivity index (χ4n) is 5.70. The van der Waals surface area contributed by atoms with E-state index in [2.05, 4.69) is 60.7 Å². The minimum absolute atomic E-state index is 0.300. The van der Waals surface area contributed by atoms with E-state index < -0.39 is 33.3 Å². The number of hydrogen-bond donors (Lipinski definition) is 1. The first kappa shape index (κ1) is 23.7. The number of ether oxygens (including phenoxy) is 2. The molecule has 0 aromatic heterocycles. The summed E-state index contributed by atoms with van der Waals surface area (Å²) >= 11 is 0. The summed E-state index contributed by atoms with van der Waals surface area (Å²) in [5.41, 5.74) is -0.748. The molecule has 0 N–H and O–H groups in total. The van der Waals surface area contributed by atoms with Gasteiger partial charge in [0.2, 0.25) is 5.60 Å². The van der Waals surface area contributed by atoms with Crippen LogP contribution < -0.4 is 4.74 Å². The van der Waals surface area contributed by atoms with Crippen molar-refractivity contribution in [1.82, 2.24) is 0 Å². The van der Waals surface area contributed by atoms with Crippen LogP contribution in [0.1, 0.15) is 44.7 Å². The van der Waals surface area contributed by atoms with Crippen molar-refractivity contribution in [3.63, 3.8) is 0 Å². The second kappa shape index (κ2) is 8.27. The van der Waals surface area contributed by atoms with Crippen LogP contribution in [0.2, 0.25) is 0 Å². The average Bonchev–Trinajstić information content (AvgIpc) is 3.13. The van der Waals surface area contributed by atoms with Crippen molar-refractivity contribution in [1.29, 1.82) is 0 Å². The fraction of sp³-hybridized carbons (Fsp3) is 0.333. The first-order chi connectivity index (χ1) is 16.6. The third-order valence-corrected chi connectivity index (χ3v) is 10.7. The smallest absolute Gasteiger partial charge is 0.356 e. The van der Waals surface area contributed by atoms with E-state index in [1.807, 2.05) is 46.8 Å². The monoisotopic (exact) mass is 488 g/mol. The van der Waals surface area contributed by atoms with Gasteiger partial charge in [-0.15, -0.1) is 0 Å². The van der Waals surface area contributed by atoms with Gasteiger partial charge in [0.25, 0.3) is 0 Å². The van der Waals surface area contributed by atoms with Crippen LogP contribution in [-0.2, 0) is 14.3 Å². The number of benzene rings is 3. The minimum atomic E-state index is -1.24. The Hall–Kier alpha value is -3.05. The Kier molecular flexibility index (Phi) is 5.59. The summed E-state index contributed by atoms with van der Waals surface area (Å²) < 4.78 is 11.8. The second-order valence-corrected chi connectivity index (χ2v) is 12.7. The van der Waals surface area contributed by atoms with Gasteiger partial charge in [-0.1, -0.05) is 50.2 Å². The molecule has 1 saturated carbocycles. The lowest BCUT2D eigenvalue weighted by atomic mass is 9.66. The molecule has 4 nitrogen and oxygen atoms in total. The van der Waals surface area contributed by atoms with E-state index in [0.29, 0.717) is 18.6 Å². The lowest BCUT2D eigenvalue weighted by Gasteiger charge is -2.34. The summed E-state index contributed by atoms with van der Waals surface area (Å²) in [5.74, 6) is -0.216. The van der Waals surface area contributed by atoms with E-state index in [-0.39, 0.29) is 5.97 Å². The fourth-order valence-corrected chi connectivity index (χ4v) is 8.18. The Morgan fingerprint density at radius 3 is 1.77 bits per heavy atom. The maximum atomic E-state index is 13.6. The molecule has 5 rings (SSSR count). The number of hydrogen-bond acceptors (Lipinski definition) is 4. The highest BCUT2D eigenvalue weighted by Gasteiger charge is 2.76. The molecule has 0 radical (unpaired) electrons. The van der Waals surface area contributed by atoms with Gasteiger partial charge in [-0.05, 0) is 95.8 Å². The SMILES string of the molecule is Cc1cc([SH](c2ccccc2)c2ccccc2)cc(C)c1OC(=O)C12CCC(C)(C(=O)O1)C2(C)C. The van der Waals surface area contributed by atoms with Gasteiger partial charge in [0.1, 0.15) is 5.75 Å². The zero-order valence-electron chi connectivity index (χ0n) is 20.9.